The summed E-state index contributed by atoms with van der Waals surface area (Å²) in [6.07, 6.45) is 6.63. The lowest BCUT2D eigenvalue weighted by atomic mass is 9.81. The van der Waals surface area contributed by atoms with Gasteiger partial charge in [-0.15, -0.1) is 0 Å². The van der Waals surface area contributed by atoms with E-state index in [1.54, 1.807) is 0 Å². The second kappa shape index (κ2) is 7.70. The molecule has 1 rings (SSSR count). The van der Waals surface area contributed by atoms with Crippen molar-refractivity contribution in [1.82, 2.24) is 5.32 Å². The molecule has 1 N–H and O–H groups in total. The molecule has 0 spiro atoms. The maximum atomic E-state index is 11.5. The zero-order valence-corrected chi connectivity index (χ0v) is 11.5. The second-order valence-corrected chi connectivity index (χ2v) is 5.46. The molecule has 1 amide bonds. The number of amides is 1. The third-order valence-corrected chi connectivity index (χ3v) is 3.68. The molecule has 17 heavy (non-hydrogen) atoms. The topological polar surface area (TPSA) is 38.3 Å². The highest BCUT2D eigenvalue weighted by molar-refractivity contribution is 5.77. The zero-order chi connectivity index (χ0) is 12.7. The first kappa shape index (κ1) is 14.5. The number of nitrogens with one attached hydrogen (secondary N) is 1. The minimum atomic E-state index is 0.0244. The number of carbonyl (C=O) groups excluding carboxylic acids is 1. The summed E-state index contributed by atoms with van der Waals surface area (Å²) < 4.78 is 5.27. The Labute approximate surface area is 105 Å². The van der Waals surface area contributed by atoms with Crippen LogP contribution >= 0.6 is 0 Å². The van der Waals surface area contributed by atoms with Gasteiger partial charge in [-0.3, -0.25) is 4.79 Å². The molecule has 0 bridgehead atoms. The van der Waals surface area contributed by atoms with Crippen LogP contribution in [0.4, 0.5) is 0 Å². The monoisotopic (exact) mass is 241 g/mol. The molecule has 0 saturated heterocycles. The molecule has 1 aliphatic carbocycles. The van der Waals surface area contributed by atoms with Gasteiger partial charge in [0, 0.05) is 6.54 Å². The van der Waals surface area contributed by atoms with E-state index < -0.39 is 0 Å². The van der Waals surface area contributed by atoms with Crippen LogP contribution in [0.3, 0.4) is 0 Å². The van der Waals surface area contributed by atoms with Crippen molar-refractivity contribution in [2.45, 2.75) is 59.0 Å². The van der Waals surface area contributed by atoms with Crippen molar-refractivity contribution in [2.24, 2.45) is 11.8 Å². The maximum Gasteiger partial charge on any atom is 0.246 e. The summed E-state index contributed by atoms with van der Waals surface area (Å²) in [7, 11) is 0. The van der Waals surface area contributed by atoms with Gasteiger partial charge in [-0.05, 0) is 38.5 Å². The van der Waals surface area contributed by atoms with Crippen molar-refractivity contribution in [3.05, 3.63) is 0 Å². The molecule has 0 unspecified atom stereocenters. The Morgan fingerprint density at radius 3 is 2.35 bits per heavy atom. The fourth-order valence-electron chi connectivity index (χ4n) is 2.40. The Morgan fingerprint density at radius 1 is 1.24 bits per heavy atom. The zero-order valence-electron chi connectivity index (χ0n) is 11.5. The number of ether oxygens (including phenoxy) is 1. The van der Waals surface area contributed by atoms with E-state index in [-0.39, 0.29) is 18.6 Å². The van der Waals surface area contributed by atoms with Gasteiger partial charge in [0.15, 0.2) is 0 Å². The van der Waals surface area contributed by atoms with Crippen molar-refractivity contribution in [2.75, 3.05) is 13.2 Å². The van der Waals surface area contributed by atoms with E-state index in [9.17, 15) is 4.79 Å². The second-order valence-electron chi connectivity index (χ2n) is 5.46. The largest absolute Gasteiger partial charge is 0.369 e. The van der Waals surface area contributed by atoms with E-state index in [4.69, 9.17) is 4.74 Å². The van der Waals surface area contributed by atoms with Crippen LogP contribution in [0.1, 0.15) is 52.9 Å². The lowest BCUT2D eigenvalue weighted by molar-refractivity contribution is -0.127. The standard InChI is InChI=1S/C14H27NO2/c1-4-12-5-7-13(8-6-12)9-15-14(16)10-17-11(2)3/h11-13H,4-10H2,1-3H3,(H,15,16). The van der Waals surface area contributed by atoms with E-state index in [1.807, 2.05) is 13.8 Å². The smallest absolute Gasteiger partial charge is 0.246 e. The van der Waals surface area contributed by atoms with Crippen LogP contribution in [0.2, 0.25) is 0 Å². The van der Waals surface area contributed by atoms with Crippen molar-refractivity contribution in [1.29, 1.82) is 0 Å². The van der Waals surface area contributed by atoms with Gasteiger partial charge in [-0.2, -0.15) is 0 Å². The Bertz CT molecular complexity index is 220. The van der Waals surface area contributed by atoms with Crippen molar-refractivity contribution in [3.63, 3.8) is 0 Å². The number of hydrogen-bond donors (Lipinski definition) is 1. The summed E-state index contributed by atoms with van der Waals surface area (Å²) in [5.74, 6) is 1.63. The van der Waals surface area contributed by atoms with Gasteiger partial charge in [0.2, 0.25) is 5.91 Å². The maximum absolute atomic E-state index is 11.5. The summed E-state index contributed by atoms with van der Waals surface area (Å²) in [6, 6.07) is 0. The highest BCUT2D eigenvalue weighted by Gasteiger charge is 2.20. The number of hydrogen-bond acceptors (Lipinski definition) is 2. The fraction of sp³-hybridized carbons (Fsp3) is 0.929. The molecule has 3 heteroatoms. The summed E-state index contributed by atoms with van der Waals surface area (Å²) in [6.45, 7) is 7.19. The highest BCUT2D eigenvalue weighted by Crippen LogP contribution is 2.29. The highest BCUT2D eigenvalue weighted by atomic mass is 16.5. The van der Waals surface area contributed by atoms with Crippen LogP contribution in [0, 0.1) is 11.8 Å². The Balaban J connectivity index is 2.08. The minimum Gasteiger partial charge on any atom is -0.369 e. The molecular weight excluding hydrogens is 214 g/mol. The van der Waals surface area contributed by atoms with E-state index in [1.165, 1.54) is 32.1 Å². The molecule has 3 nitrogen and oxygen atoms in total. The van der Waals surface area contributed by atoms with Crippen LogP contribution in [-0.2, 0) is 9.53 Å². The Kier molecular flexibility index (Phi) is 6.56. The van der Waals surface area contributed by atoms with Crippen molar-refractivity contribution >= 4 is 5.91 Å². The van der Waals surface area contributed by atoms with Crippen LogP contribution in [0.5, 0.6) is 0 Å². The van der Waals surface area contributed by atoms with E-state index in [2.05, 4.69) is 12.2 Å². The van der Waals surface area contributed by atoms with Gasteiger partial charge in [0.05, 0.1) is 6.10 Å². The molecular formula is C14H27NO2. The average Bonchev–Trinajstić information content (AvgIpc) is 2.34. The molecule has 0 aromatic carbocycles. The van der Waals surface area contributed by atoms with Gasteiger partial charge in [0.1, 0.15) is 6.61 Å². The molecule has 1 aliphatic rings. The molecule has 1 saturated carbocycles. The molecule has 0 aliphatic heterocycles. The Hall–Kier alpha value is -0.570. The third-order valence-electron chi connectivity index (χ3n) is 3.68. The van der Waals surface area contributed by atoms with E-state index >= 15 is 0 Å². The van der Waals surface area contributed by atoms with Crippen LogP contribution < -0.4 is 5.32 Å². The van der Waals surface area contributed by atoms with Gasteiger partial charge < -0.3 is 10.1 Å². The summed E-state index contributed by atoms with van der Waals surface area (Å²) in [4.78, 5) is 11.5. The van der Waals surface area contributed by atoms with Crippen LogP contribution in [-0.4, -0.2) is 25.2 Å². The predicted molar refractivity (Wildman–Crippen MR) is 69.8 cm³/mol. The summed E-state index contributed by atoms with van der Waals surface area (Å²) in [5, 5.41) is 2.98. The fourth-order valence-corrected chi connectivity index (χ4v) is 2.40. The summed E-state index contributed by atoms with van der Waals surface area (Å²) in [5.41, 5.74) is 0. The quantitative estimate of drug-likeness (QED) is 0.776. The molecule has 0 aromatic heterocycles. The Morgan fingerprint density at radius 2 is 1.82 bits per heavy atom. The SMILES string of the molecule is CCC1CCC(CNC(=O)COC(C)C)CC1. The van der Waals surface area contributed by atoms with E-state index in [0.717, 1.165) is 12.5 Å². The first-order chi connectivity index (χ1) is 8.11. The molecule has 0 atom stereocenters. The molecule has 0 radical (unpaired) electrons. The lowest BCUT2D eigenvalue weighted by Crippen LogP contribution is -2.34. The van der Waals surface area contributed by atoms with Crippen LogP contribution in [0.15, 0.2) is 0 Å². The third kappa shape index (κ3) is 6.06. The van der Waals surface area contributed by atoms with Gasteiger partial charge in [-0.1, -0.05) is 26.2 Å². The molecule has 0 heterocycles. The molecule has 0 aromatic rings. The first-order valence-corrected chi connectivity index (χ1v) is 7.00. The van der Waals surface area contributed by atoms with Gasteiger partial charge in [-0.25, -0.2) is 0 Å². The number of rotatable bonds is 6. The molecule has 1 fully saturated rings. The minimum absolute atomic E-state index is 0.0244. The number of carbonyl (C=O) groups is 1. The molecule has 100 valence electrons. The van der Waals surface area contributed by atoms with Crippen molar-refractivity contribution in [3.8, 4) is 0 Å². The lowest BCUT2D eigenvalue weighted by Gasteiger charge is -2.27. The van der Waals surface area contributed by atoms with Crippen LogP contribution in [0.25, 0.3) is 0 Å². The van der Waals surface area contributed by atoms with Crippen molar-refractivity contribution < 1.29 is 9.53 Å². The van der Waals surface area contributed by atoms with E-state index in [0.29, 0.717) is 5.92 Å². The normalized spacial score (nSPS) is 24.9. The first-order valence-electron chi connectivity index (χ1n) is 7.00. The van der Waals surface area contributed by atoms with Gasteiger partial charge in [0.25, 0.3) is 0 Å². The average molecular weight is 241 g/mol. The van der Waals surface area contributed by atoms with Gasteiger partial charge >= 0.3 is 0 Å². The predicted octanol–water partition coefficient (Wildman–Crippen LogP) is 2.74. The summed E-state index contributed by atoms with van der Waals surface area (Å²) >= 11 is 0.